The minimum Gasteiger partial charge on any atom is -0.383 e. The highest BCUT2D eigenvalue weighted by atomic mass is 35.5. The molecule has 5 heteroatoms. The summed E-state index contributed by atoms with van der Waals surface area (Å²) in [6, 6.07) is 5.67. The molecule has 0 spiro atoms. The van der Waals surface area contributed by atoms with Crippen LogP contribution in [0.5, 0.6) is 0 Å². The van der Waals surface area contributed by atoms with Crippen LogP contribution in [0.2, 0.25) is 5.02 Å². The minimum atomic E-state index is 0.621. The zero-order valence-corrected chi connectivity index (χ0v) is 9.79. The number of halogens is 1. The molecule has 3 aromatic heterocycles. The second-order valence-electron chi connectivity index (χ2n) is 3.43. The summed E-state index contributed by atoms with van der Waals surface area (Å²) in [6.07, 6.45) is 1.77. The van der Waals surface area contributed by atoms with Crippen LogP contribution in [0.1, 0.15) is 0 Å². The summed E-state index contributed by atoms with van der Waals surface area (Å²) >= 11 is 7.55. The molecular weight excluding hydrogens is 242 g/mol. The third-order valence-corrected chi connectivity index (χ3v) is 3.32. The predicted octanol–water partition coefficient (Wildman–Crippen LogP) is 3.30. The second kappa shape index (κ2) is 3.50. The van der Waals surface area contributed by atoms with Crippen molar-refractivity contribution in [2.24, 2.45) is 0 Å². The quantitative estimate of drug-likeness (QED) is 0.719. The fourth-order valence-electron chi connectivity index (χ4n) is 1.65. The normalized spacial score (nSPS) is 11.1. The van der Waals surface area contributed by atoms with Gasteiger partial charge in [-0.3, -0.25) is 4.40 Å². The van der Waals surface area contributed by atoms with E-state index in [-0.39, 0.29) is 0 Å². The SMILES string of the molecule is Nc1c(-c2ccsc2)nc2ccc(Cl)cn12. The molecule has 0 aliphatic carbocycles. The van der Waals surface area contributed by atoms with Gasteiger partial charge in [-0.05, 0) is 23.6 Å². The van der Waals surface area contributed by atoms with E-state index in [1.165, 1.54) is 0 Å². The second-order valence-corrected chi connectivity index (χ2v) is 4.65. The molecule has 0 saturated carbocycles. The Hall–Kier alpha value is -1.52. The van der Waals surface area contributed by atoms with E-state index in [4.69, 9.17) is 17.3 Å². The van der Waals surface area contributed by atoms with Gasteiger partial charge in [0, 0.05) is 17.1 Å². The van der Waals surface area contributed by atoms with Gasteiger partial charge in [0.05, 0.1) is 5.02 Å². The van der Waals surface area contributed by atoms with Crippen LogP contribution in [-0.4, -0.2) is 9.38 Å². The number of anilines is 1. The number of nitrogens with zero attached hydrogens (tertiary/aromatic N) is 2. The van der Waals surface area contributed by atoms with Crippen LogP contribution in [0.4, 0.5) is 5.82 Å². The van der Waals surface area contributed by atoms with E-state index in [0.29, 0.717) is 10.8 Å². The molecule has 0 atom stereocenters. The molecule has 3 rings (SSSR count). The van der Waals surface area contributed by atoms with E-state index in [0.717, 1.165) is 16.9 Å². The van der Waals surface area contributed by atoms with Crippen molar-refractivity contribution in [2.75, 3.05) is 5.73 Å². The first-order valence-corrected chi connectivity index (χ1v) is 6.03. The number of fused-ring (bicyclic) bond motifs is 1. The number of pyridine rings is 1. The molecule has 0 aromatic carbocycles. The average Bonchev–Trinajstić information content (AvgIpc) is 2.87. The zero-order valence-electron chi connectivity index (χ0n) is 8.22. The number of aromatic nitrogens is 2. The highest BCUT2D eigenvalue weighted by Crippen LogP contribution is 2.28. The molecule has 3 aromatic rings. The molecule has 16 heavy (non-hydrogen) atoms. The van der Waals surface area contributed by atoms with Crippen LogP contribution in [0.3, 0.4) is 0 Å². The number of hydrogen-bond donors (Lipinski definition) is 1. The van der Waals surface area contributed by atoms with Gasteiger partial charge >= 0.3 is 0 Å². The lowest BCUT2D eigenvalue weighted by Crippen LogP contribution is -1.93. The van der Waals surface area contributed by atoms with E-state index >= 15 is 0 Å². The molecule has 3 heterocycles. The first kappa shape index (κ1) is 9.69. The minimum absolute atomic E-state index is 0.621. The number of hydrogen-bond acceptors (Lipinski definition) is 3. The van der Waals surface area contributed by atoms with E-state index < -0.39 is 0 Å². The van der Waals surface area contributed by atoms with E-state index in [1.54, 1.807) is 28.0 Å². The van der Waals surface area contributed by atoms with Gasteiger partial charge in [0.1, 0.15) is 17.2 Å². The third-order valence-electron chi connectivity index (χ3n) is 2.41. The van der Waals surface area contributed by atoms with Crippen molar-refractivity contribution in [2.45, 2.75) is 0 Å². The Balaban J connectivity index is 2.32. The van der Waals surface area contributed by atoms with Crippen molar-refractivity contribution in [1.82, 2.24) is 9.38 Å². The van der Waals surface area contributed by atoms with E-state index in [2.05, 4.69) is 4.98 Å². The van der Waals surface area contributed by atoms with Gasteiger partial charge in [0.15, 0.2) is 0 Å². The lowest BCUT2D eigenvalue weighted by Gasteiger charge is -1.97. The standard InChI is InChI=1S/C11H8ClN3S/c12-8-1-2-9-14-10(7-3-4-16-6-7)11(13)15(9)5-8/h1-6H,13H2. The van der Waals surface area contributed by atoms with Crippen molar-refractivity contribution < 1.29 is 0 Å². The molecule has 0 amide bonds. The highest BCUT2D eigenvalue weighted by Gasteiger charge is 2.11. The fraction of sp³-hybridized carbons (Fsp3) is 0. The summed E-state index contributed by atoms with van der Waals surface area (Å²) in [5, 5.41) is 4.68. The Morgan fingerprint density at radius 2 is 2.19 bits per heavy atom. The number of nitrogen functional groups attached to an aromatic ring is 1. The summed E-state index contributed by atoms with van der Waals surface area (Å²) in [5.41, 5.74) is 8.71. The Kier molecular flexibility index (Phi) is 2.12. The average molecular weight is 250 g/mol. The fourth-order valence-corrected chi connectivity index (χ4v) is 2.45. The smallest absolute Gasteiger partial charge is 0.139 e. The van der Waals surface area contributed by atoms with Crippen molar-refractivity contribution in [3.63, 3.8) is 0 Å². The molecule has 0 bridgehead atoms. The number of imidazole rings is 1. The van der Waals surface area contributed by atoms with Gasteiger partial charge in [-0.2, -0.15) is 11.3 Å². The lowest BCUT2D eigenvalue weighted by atomic mass is 10.2. The van der Waals surface area contributed by atoms with Crippen LogP contribution in [0, 0.1) is 0 Å². The molecule has 80 valence electrons. The van der Waals surface area contributed by atoms with Gasteiger partial charge in [-0.15, -0.1) is 0 Å². The van der Waals surface area contributed by atoms with Crippen LogP contribution in [-0.2, 0) is 0 Å². The van der Waals surface area contributed by atoms with Crippen molar-refractivity contribution in [1.29, 1.82) is 0 Å². The van der Waals surface area contributed by atoms with Crippen molar-refractivity contribution >= 4 is 34.4 Å². The topological polar surface area (TPSA) is 43.3 Å². The van der Waals surface area contributed by atoms with Gasteiger partial charge in [0.25, 0.3) is 0 Å². The molecule has 0 radical (unpaired) electrons. The van der Waals surface area contributed by atoms with Gasteiger partial charge in [-0.25, -0.2) is 4.98 Å². The monoisotopic (exact) mass is 249 g/mol. The maximum absolute atomic E-state index is 6.05. The molecule has 0 unspecified atom stereocenters. The van der Waals surface area contributed by atoms with Crippen molar-refractivity contribution in [3.05, 3.63) is 40.2 Å². The molecule has 0 aliphatic heterocycles. The Bertz CT molecular complexity index is 643. The number of rotatable bonds is 1. The highest BCUT2D eigenvalue weighted by molar-refractivity contribution is 7.08. The zero-order chi connectivity index (χ0) is 11.1. The maximum atomic E-state index is 6.05. The third kappa shape index (κ3) is 1.38. The van der Waals surface area contributed by atoms with Gasteiger partial charge in [-0.1, -0.05) is 11.6 Å². The van der Waals surface area contributed by atoms with E-state index in [9.17, 15) is 0 Å². The van der Waals surface area contributed by atoms with Crippen LogP contribution >= 0.6 is 22.9 Å². The van der Waals surface area contributed by atoms with Gasteiger partial charge in [0.2, 0.25) is 0 Å². The number of nitrogens with two attached hydrogens (primary N) is 1. The van der Waals surface area contributed by atoms with Crippen LogP contribution in [0.15, 0.2) is 35.2 Å². The lowest BCUT2D eigenvalue weighted by molar-refractivity contribution is 1.20. The van der Waals surface area contributed by atoms with Crippen LogP contribution in [0.25, 0.3) is 16.9 Å². The number of thiophene rings is 1. The Morgan fingerprint density at radius 1 is 1.31 bits per heavy atom. The first-order chi connectivity index (χ1) is 7.75. The largest absolute Gasteiger partial charge is 0.383 e. The summed E-state index contributed by atoms with van der Waals surface area (Å²) in [4.78, 5) is 4.48. The molecular formula is C11H8ClN3S. The molecule has 2 N–H and O–H groups in total. The van der Waals surface area contributed by atoms with Gasteiger partial charge < -0.3 is 5.73 Å². The Morgan fingerprint density at radius 3 is 2.94 bits per heavy atom. The van der Waals surface area contributed by atoms with E-state index in [1.807, 2.05) is 22.9 Å². The van der Waals surface area contributed by atoms with Crippen LogP contribution < -0.4 is 5.73 Å². The Labute approximate surface area is 101 Å². The molecule has 3 nitrogen and oxygen atoms in total. The molecule has 0 saturated heterocycles. The maximum Gasteiger partial charge on any atom is 0.139 e. The molecule has 0 fully saturated rings. The first-order valence-electron chi connectivity index (χ1n) is 4.71. The predicted molar refractivity (Wildman–Crippen MR) is 67.9 cm³/mol. The summed E-state index contributed by atoms with van der Waals surface area (Å²) in [6.45, 7) is 0. The summed E-state index contributed by atoms with van der Waals surface area (Å²) in [5.74, 6) is 0.621. The molecule has 0 aliphatic rings. The summed E-state index contributed by atoms with van der Waals surface area (Å²) < 4.78 is 1.80. The van der Waals surface area contributed by atoms with Crippen molar-refractivity contribution in [3.8, 4) is 11.3 Å². The summed E-state index contributed by atoms with van der Waals surface area (Å²) in [7, 11) is 0.